The minimum atomic E-state index is -4.83. The predicted octanol–water partition coefficient (Wildman–Crippen LogP) is 2.14. The Morgan fingerprint density at radius 1 is 1.30 bits per heavy atom. The van der Waals surface area contributed by atoms with Gasteiger partial charge in [0.15, 0.2) is 0 Å². The van der Waals surface area contributed by atoms with Crippen molar-refractivity contribution in [2.75, 3.05) is 0 Å². The zero-order chi connectivity index (χ0) is 8.58. The van der Waals surface area contributed by atoms with Crippen molar-refractivity contribution in [1.82, 2.24) is 0 Å². The van der Waals surface area contributed by atoms with Crippen LogP contribution in [-0.2, 0) is 4.79 Å². The Bertz CT molecular complexity index is 128. The summed E-state index contributed by atoms with van der Waals surface area (Å²) in [5.41, 5.74) is 0. The Morgan fingerprint density at radius 3 is 1.60 bits per heavy atom. The van der Waals surface area contributed by atoms with Crippen LogP contribution >= 0.6 is 11.6 Å². The highest BCUT2D eigenvalue weighted by atomic mass is 35.5. The number of carbonyl (C=O) groups is 1. The van der Waals surface area contributed by atoms with E-state index in [1.165, 1.54) is 0 Å². The monoisotopic (exact) mass is 174 g/mol. The van der Waals surface area contributed by atoms with Gasteiger partial charge in [-0.1, -0.05) is 0 Å². The first-order chi connectivity index (χ1) is 4.15. The quantitative estimate of drug-likeness (QED) is 0.557. The van der Waals surface area contributed by atoms with Crippen LogP contribution in [-0.4, -0.2) is 16.8 Å². The molecule has 0 aromatic carbocycles. The van der Waals surface area contributed by atoms with Crippen LogP contribution in [0.1, 0.15) is 13.8 Å². The van der Waals surface area contributed by atoms with Gasteiger partial charge in [0, 0.05) is 0 Å². The number of ketones is 1. The largest absolute Gasteiger partial charge is 0.451 e. The number of rotatable bonds is 1. The zero-order valence-electron chi connectivity index (χ0n) is 5.42. The highest BCUT2D eigenvalue weighted by molar-refractivity contribution is 6.35. The van der Waals surface area contributed by atoms with Crippen molar-refractivity contribution in [1.29, 1.82) is 0 Å². The van der Waals surface area contributed by atoms with Gasteiger partial charge in [-0.25, -0.2) is 0 Å². The van der Waals surface area contributed by atoms with Gasteiger partial charge < -0.3 is 0 Å². The lowest BCUT2D eigenvalue weighted by molar-refractivity contribution is -0.173. The fourth-order valence-corrected chi connectivity index (χ4v) is 0.444. The van der Waals surface area contributed by atoms with Gasteiger partial charge in [-0.05, 0) is 13.8 Å². The first kappa shape index (κ1) is 9.75. The van der Waals surface area contributed by atoms with Crippen LogP contribution in [0.15, 0.2) is 0 Å². The molecule has 0 bridgehead atoms. The Morgan fingerprint density at radius 2 is 1.60 bits per heavy atom. The second-order valence-electron chi connectivity index (χ2n) is 2.30. The number of hydrogen-bond donors (Lipinski definition) is 0. The van der Waals surface area contributed by atoms with Gasteiger partial charge in [0.1, 0.15) is 4.87 Å². The van der Waals surface area contributed by atoms with Gasteiger partial charge in [-0.2, -0.15) is 13.2 Å². The van der Waals surface area contributed by atoms with E-state index in [2.05, 4.69) is 0 Å². The van der Waals surface area contributed by atoms with Crippen LogP contribution < -0.4 is 0 Å². The van der Waals surface area contributed by atoms with Gasteiger partial charge >= 0.3 is 6.18 Å². The molecule has 0 saturated carbocycles. The number of halogens is 4. The van der Waals surface area contributed by atoms with E-state index in [4.69, 9.17) is 11.6 Å². The van der Waals surface area contributed by atoms with Crippen LogP contribution in [0.5, 0.6) is 0 Å². The Kier molecular flexibility index (Phi) is 2.36. The van der Waals surface area contributed by atoms with E-state index in [1.54, 1.807) is 0 Å². The predicted molar refractivity (Wildman–Crippen MR) is 31.0 cm³/mol. The molecule has 0 radical (unpaired) electrons. The summed E-state index contributed by atoms with van der Waals surface area (Å²) in [5, 5.41) is 0. The summed E-state index contributed by atoms with van der Waals surface area (Å²) >= 11 is 5.10. The maximum absolute atomic E-state index is 11.5. The SMILES string of the molecule is CC(C)(Cl)C(=O)C(F)(F)F. The smallest absolute Gasteiger partial charge is 0.288 e. The molecule has 0 aliphatic heterocycles. The molecule has 0 aromatic heterocycles. The zero-order valence-corrected chi connectivity index (χ0v) is 6.18. The fraction of sp³-hybridized carbons (Fsp3) is 0.800. The topological polar surface area (TPSA) is 17.1 Å². The molecule has 0 aliphatic carbocycles. The average molecular weight is 175 g/mol. The van der Waals surface area contributed by atoms with Crippen LogP contribution in [0.2, 0.25) is 0 Å². The van der Waals surface area contributed by atoms with Gasteiger partial charge in [0.05, 0.1) is 0 Å². The number of Topliss-reactive ketones (excluding diaryl/α,β-unsaturated/α-hetero) is 1. The molecule has 5 heteroatoms. The lowest BCUT2D eigenvalue weighted by atomic mass is 10.1. The van der Waals surface area contributed by atoms with Crippen molar-refractivity contribution >= 4 is 17.4 Å². The van der Waals surface area contributed by atoms with E-state index in [9.17, 15) is 18.0 Å². The third-order valence-corrected chi connectivity index (χ3v) is 0.969. The third kappa shape index (κ3) is 2.56. The van der Waals surface area contributed by atoms with Crippen molar-refractivity contribution in [2.24, 2.45) is 0 Å². The Labute approximate surface area is 61.2 Å². The number of hydrogen-bond acceptors (Lipinski definition) is 1. The van der Waals surface area contributed by atoms with Crippen LogP contribution in [0.4, 0.5) is 13.2 Å². The van der Waals surface area contributed by atoms with Crippen molar-refractivity contribution in [2.45, 2.75) is 24.9 Å². The standard InChI is InChI=1S/C5H6ClF3O/c1-4(2,6)3(10)5(7,8)9/h1-2H3. The van der Waals surface area contributed by atoms with E-state index >= 15 is 0 Å². The molecule has 0 atom stereocenters. The first-order valence-corrected chi connectivity index (χ1v) is 2.84. The molecular weight excluding hydrogens is 169 g/mol. The molecule has 0 fully saturated rings. The number of alkyl halides is 4. The van der Waals surface area contributed by atoms with Gasteiger partial charge in [0.25, 0.3) is 5.78 Å². The third-order valence-electron chi connectivity index (χ3n) is 0.797. The van der Waals surface area contributed by atoms with E-state index in [0.717, 1.165) is 13.8 Å². The molecule has 1 nitrogen and oxygen atoms in total. The van der Waals surface area contributed by atoms with Crippen molar-refractivity contribution < 1.29 is 18.0 Å². The van der Waals surface area contributed by atoms with Gasteiger partial charge in [-0.3, -0.25) is 4.79 Å². The Hall–Kier alpha value is -0.250. The molecule has 0 saturated heterocycles. The molecule has 60 valence electrons. The molecule has 0 aliphatic rings. The molecular formula is C5H6ClF3O. The molecule has 0 amide bonds. The van der Waals surface area contributed by atoms with Crippen LogP contribution in [0, 0.1) is 0 Å². The molecule has 0 rings (SSSR count). The Balaban J connectivity index is 4.40. The van der Waals surface area contributed by atoms with Crippen LogP contribution in [0.3, 0.4) is 0 Å². The lowest BCUT2D eigenvalue weighted by Crippen LogP contribution is -2.37. The minimum absolute atomic E-state index is 1.00. The van der Waals surface area contributed by atoms with E-state index < -0.39 is 16.8 Å². The summed E-state index contributed by atoms with van der Waals surface area (Å²) in [4.78, 5) is 8.38. The molecule has 10 heavy (non-hydrogen) atoms. The van der Waals surface area contributed by atoms with E-state index in [0.29, 0.717) is 0 Å². The lowest BCUT2D eigenvalue weighted by Gasteiger charge is -2.15. The average Bonchev–Trinajstić information content (AvgIpc) is 1.59. The van der Waals surface area contributed by atoms with E-state index in [1.807, 2.05) is 0 Å². The molecule has 0 N–H and O–H groups in total. The van der Waals surface area contributed by atoms with Crippen molar-refractivity contribution in [3.8, 4) is 0 Å². The highest BCUT2D eigenvalue weighted by Crippen LogP contribution is 2.27. The van der Waals surface area contributed by atoms with Gasteiger partial charge in [-0.15, -0.1) is 11.6 Å². The van der Waals surface area contributed by atoms with Gasteiger partial charge in [0.2, 0.25) is 0 Å². The maximum Gasteiger partial charge on any atom is 0.451 e. The van der Waals surface area contributed by atoms with Crippen LogP contribution in [0.25, 0.3) is 0 Å². The summed E-state index contributed by atoms with van der Waals surface area (Å²) < 4.78 is 34.5. The second kappa shape index (κ2) is 2.42. The van der Waals surface area contributed by atoms with E-state index in [-0.39, 0.29) is 0 Å². The maximum atomic E-state index is 11.5. The normalized spacial score (nSPS) is 13.4. The number of carbonyl (C=O) groups excluding carboxylic acids is 1. The molecule has 0 aromatic rings. The molecule has 0 heterocycles. The highest BCUT2D eigenvalue weighted by Gasteiger charge is 2.46. The fourth-order valence-electron chi connectivity index (χ4n) is 0.337. The summed E-state index contributed by atoms with van der Waals surface area (Å²) in [7, 11) is 0. The molecule has 0 unspecified atom stereocenters. The summed E-state index contributed by atoms with van der Waals surface area (Å²) in [5.74, 6) is -1.92. The molecule has 0 spiro atoms. The first-order valence-electron chi connectivity index (χ1n) is 2.46. The van der Waals surface area contributed by atoms with Crippen molar-refractivity contribution in [3.63, 3.8) is 0 Å². The van der Waals surface area contributed by atoms with Crippen molar-refractivity contribution in [3.05, 3.63) is 0 Å². The second-order valence-corrected chi connectivity index (χ2v) is 3.24. The summed E-state index contributed by atoms with van der Waals surface area (Å²) in [6.45, 7) is 2.01. The summed E-state index contributed by atoms with van der Waals surface area (Å²) in [6.07, 6.45) is -4.83. The minimum Gasteiger partial charge on any atom is -0.288 e. The summed E-state index contributed by atoms with van der Waals surface area (Å²) in [6, 6.07) is 0.